The van der Waals surface area contributed by atoms with E-state index < -0.39 is 6.10 Å². The van der Waals surface area contributed by atoms with Crippen molar-refractivity contribution in [2.75, 3.05) is 0 Å². The Morgan fingerprint density at radius 1 is 0.833 bits per heavy atom. The van der Waals surface area contributed by atoms with E-state index in [0.717, 1.165) is 12.3 Å². The van der Waals surface area contributed by atoms with Gasteiger partial charge in [0.1, 0.15) is 6.10 Å². The van der Waals surface area contributed by atoms with Crippen molar-refractivity contribution in [2.45, 2.75) is 116 Å². The molecule has 2 atom stereocenters. The minimum absolute atomic E-state index is 0.705. The molecular weight excluding hydrogens is 292 g/mol. The highest BCUT2D eigenvalue weighted by atomic mass is 16.3. The maximum absolute atomic E-state index is 9.18. The minimum atomic E-state index is -0.705. The van der Waals surface area contributed by atoms with E-state index in [1.807, 2.05) is 6.08 Å². The molecular formula is C23H42O. The molecule has 140 valence electrons. The highest BCUT2D eigenvalue weighted by Crippen LogP contribution is 2.18. The molecule has 24 heavy (non-hydrogen) atoms. The molecule has 0 heterocycles. The van der Waals surface area contributed by atoms with Crippen molar-refractivity contribution in [2.24, 2.45) is 5.92 Å². The zero-order valence-corrected chi connectivity index (χ0v) is 16.4. The van der Waals surface area contributed by atoms with Crippen LogP contribution in [0.4, 0.5) is 0 Å². The average molecular weight is 335 g/mol. The van der Waals surface area contributed by atoms with Gasteiger partial charge < -0.3 is 5.11 Å². The molecule has 1 unspecified atom stereocenters. The molecule has 0 amide bonds. The molecule has 0 aromatic rings. The molecule has 1 heteroatoms. The highest BCUT2D eigenvalue weighted by Gasteiger charge is 2.02. The molecule has 0 saturated carbocycles. The third kappa shape index (κ3) is 17.6. The molecule has 0 radical (unpaired) electrons. The van der Waals surface area contributed by atoms with Crippen LogP contribution in [-0.2, 0) is 0 Å². The molecule has 0 spiro atoms. The summed E-state index contributed by atoms with van der Waals surface area (Å²) in [7, 11) is 0. The summed E-state index contributed by atoms with van der Waals surface area (Å²) in [5, 5.41) is 9.18. The number of aliphatic hydroxyl groups excluding tert-OH is 1. The number of hydrogen-bond donors (Lipinski definition) is 1. The molecule has 0 aliphatic carbocycles. The van der Waals surface area contributed by atoms with Crippen LogP contribution in [-0.4, -0.2) is 11.2 Å². The fourth-order valence-electron chi connectivity index (χ4n) is 3.16. The quantitative estimate of drug-likeness (QED) is 0.172. The SMILES string of the molecule is C#C[C@H](O)/C=C/CCCCCCCCC(C)CCCCCCCC. The summed E-state index contributed by atoms with van der Waals surface area (Å²) in [6, 6.07) is 0. The fraction of sp³-hybridized carbons (Fsp3) is 0.826. The summed E-state index contributed by atoms with van der Waals surface area (Å²) in [5.74, 6) is 3.21. The van der Waals surface area contributed by atoms with Gasteiger partial charge in [0.05, 0.1) is 0 Å². The summed E-state index contributed by atoms with van der Waals surface area (Å²) in [6.07, 6.45) is 28.6. The first-order valence-corrected chi connectivity index (χ1v) is 10.5. The van der Waals surface area contributed by atoms with Crippen LogP contribution in [0.2, 0.25) is 0 Å². The Kier molecular flexibility index (Phi) is 18.0. The summed E-state index contributed by atoms with van der Waals surface area (Å²) in [5.41, 5.74) is 0. The lowest BCUT2D eigenvalue weighted by molar-refractivity contribution is 0.280. The van der Waals surface area contributed by atoms with Crippen molar-refractivity contribution in [1.82, 2.24) is 0 Å². The molecule has 0 fully saturated rings. The van der Waals surface area contributed by atoms with Crippen LogP contribution in [0.15, 0.2) is 12.2 Å². The van der Waals surface area contributed by atoms with Crippen molar-refractivity contribution in [3.8, 4) is 12.3 Å². The van der Waals surface area contributed by atoms with E-state index in [1.165, 1.54) is 89.9 Å². The third-order valence-electron chi connectivity index (χ3n) is 4.86. The molecule has 0 saturated heterocycles. The number of hydrogen-bond acceptors (Lipinski definition) is 1. The van der Waals surface area contributed by atoms with Crippen LogP contribution in [0.1, 0.15) is 110 Å². The number of aliphatic hydroxyl groups is 1. The lowest BCUT2D eigenvalue weighted by atomic mass is 9.96. The standard InChI is InChI=1S/C23H42O/c1-4-6-7-8-13-16-19-22(3)20-17-14-11-9-10-12-15-18-21-23(24)5-2/h2,18,21-24H,4,6-17,19-20H2,1,3H3/b21-18+/t22?,23-/m0/s1. The summed E-state index contributed by atoms with van der Waals surface area (Å²) in [4.78, 5) is 0. The van der Waals surface area contributed by atoms with Gasteiger partial charge in [-0.1, -0.05) is 109 Å². The number of terminal acetylenes is 1. The first-order chi connectivity index (χ1) is 11.7. The first-order valence-electron chi connectivity index (χ1n) is 10.5. The Balaban J connectivity index is 3.23. The minimum Gasteiger partial charge on any atom is -0.377 e. The lowest BCUT2D eigenvalue weighted by Crippen LogP contribution is -1.95. The fourth-order valence-corrected chi connectivity index (χ4v) is 3.16. The number of allylic oxidation sites excluding steroid dienone is 1. The predicted molar refractivity (Wildman–Crippen MR) is 108 cm³/mol. The zero-order valence-electron chi connectivity index (χ0n) is 16.4. The Morgan fingerprint density at radius 3 is 1.88 bits per heavy atom. The van der Waals surface area contributed by atoms with Crippen molar-refractivity contribution in [3.05, 3.63) is 12.2 Å². The molecule has 0 bridgehead atoms. The number of rotatable bonds is 17. The van der Waals surface area contributed by atoms with E-state index in [2.05, 4.69) is 19.8 Å². The summed E-state index contributed by atoms with van der Waals surface area (Å²) in [6.45, 7) is 4.72. The Labute approximate surface area is 152 Å². The van der Waals surface area contributed by atoms with Gasteiger partial charge in [0, 0.05) is 0 Å². The predicted octanol–water partition coefficient (Wildman–Crippen LogP) is 7.04. The van der Waals surface area contributed by atoms with E-state index in [9.17, 15) is 5.11 Å². The molecule has 0 aliphatic heterocycles. The third-order valence-corrected chi connectivity index (χ3v) is 4.86. The van der Waals surface area contributed by atoms with E-state index in [1.54, 1.807) is 6.08 Å². The van der Waals surface area contributed by atoms with Crippen molar-refractivity contribution >= 4 is 0 Å². The van der Waals surface area contributed by atoms with Gasteiger partial charge in [-0.05, 0) is 24.8 Å². The van der Waals surface area contributed by atoms with Crippen LogP contribution in [0.3, 0.4) is 0 Å². The molecule has 0 aromatic carbocycles. The molecule has 1 nitrogen and oxygen atoms in total. The smallest absolute Gasteiger partial charge is 0.133 e. The van der Waals surface area contributed by atoms with Gasteiger partial charge in [0.15, 0.2) is 0 Å². The Bertz CT molecular complexity index is 312. The first kappa shape index (κ1) is 23.3. The van der Waals surface area contributed by atoms with E-state index >= 15 is 0 Å². The van der Waals surface area contributed by atoms with Gasteiger partial charge in [-0.2, -0.15) is 0 Å². The molecule has 0 aromatic heterocycles. The lowest BCUT2D eigenvalue weighted by Gasteiger charge is -2.11. The zero-order chi connectivity index (χ0) is 17.9. The van der Waals surface area contributed by atoms with Crippen molar-refractivity contribution in [3.63, 3.8) is 0 Å². The monoisotopic (exact) mass is 334 g/mol. The second-order valence-electron chi connectivity index (χ2n) is 7.40. The van der Waals surface area contributed by atoms with Gasteiger partial charge in [-0.3, -0.25) is 0 Å². The molecule has 0 aliphatic rings. The van der Waals surface area contributed by atoms with E-state index in [4.69, 9.17) is 6.42 Å². The normalized spacial score (nSPS) is 13.9. The van der Waals surface area contributed by atoms with Gasteiger partial charge in [-0.25, -0.2) is 0 Å². The average Bonchev–Trinajstić information content (AvgIpc) is 2.59. The Morgan fingerprint density at radius 2 is 1.33 bits per heavy atom. The van der Waals surface area contributed by atoms with Gasteiger partial charge >= 0.3 is 0 Å². The summed E-state index contributed by atoms with van der Waals surface area (Å²) < 4.78 is 0. The molecule has 1 N–H and O–H groups in total. The maximum atomic E-state index is 9.18. The Hall–Kier alpha value is -0.740. The van der Waals surface area contributed by atoms with Gasteiger partial charge in [0.2, 0.25) is 0 Å². The largest absolute Gasteiger partial charge is 0.377 e. The maximum Gasteiger partial charge on any atom is 0.133 e. The second kappa shape index (κ2) is 18.6. The van der Waals surface area contributed by atoms with Crippen LogP contribution >= 0.6 is 0 Å². The van der Waals surface area contributed by atoms with Crippen LogP contribution in [0, 0.1) is 18.3 Å². The van der Waals surface area contributed by atoms with Crippen LogP contribution in [0.25, 0.3) is 0 Å². The van der Waals surface area contributed by atoms with Crippen molar-refractivity contribution in [1.29, 1.82) is 0 Å². The van der Waals surface area contributed by atoms with Gasteiger partial charge in [-0.15, -0.1) is 6.42 Å². The topological polar surface area (TPSA) is 20.2 Å². The number of unbranched alkanes of at least 4 members (excludes halogenated alkanes) is 11. The second-order valence-corrected chi connectivity index (χ2v) is 7.40. The highest BCUT2D eigenvalue weighted by molar-refractivity contribution is 5.05. The van der Waals surface area contributed by atoms with Gasteiger partial charge in [0.25, 0.3) is 0 Å². The van der Waals surface area contributed by atoms with E-state index in [0.29, 0.717) is 0 Å². The van der Waals surface area contributed by atoms with Crippen molar-refractivity contribution < 1.29 is 5.11 Å². The van der Waals surface area contributed by atoms with Crippen LogP contribution < -0.4 is 0 Å². The van der Waals surface area contributed by atoms with E-state index in [-0.39, 0.29) is 0 Å². The van der Waals surface area contributed by atoms with Crippen LogP contribution in [0.5, 0.6) is 0 Å². The molecule has 0 rings (SSSR count). The summed E-state index contributed by atoms with van der Waals surface area (Å²) >= 11 is 0.